The summed E-state index contributed by atoms with van der Waals surface area (Å²) < 4.78 is 29.0. The van der Waals surface area contributed by atoms with Crippen molar-refractivity contribution < 1.29 is 13.2 Å². The number of anilines is 3. The molecule has 0 aromatic heterocycles. The second-order valence-electron chi connectivity index (χ2n) is 9.24. The molecule has 3 aromatic rings. The molecule has 7 heteroatoms. The zero-order valence-corrected chi connectivity index (χ0v) is 19.5. The summed E-state index contributed by atoms with van der Waals surface area (Å²) in [6.07, 6.45) is 2.38. The maximum absolute atomic E-state index is 13.2. The predicted molar refractivity (Wildman–Crippen MR) is 131 cm³/mol. The van der Waals surface area contributed by atoms with Crippen molar-refractivity contribution in [2.45, 2.75) is 38.5 Å². The number of rotatable bonds is 5. The first-order chi connectivity index (χ1) is 15.1. The molecule has 32 heavy (non-hydrogen) atoms. The fraction of sp³-hybridized carbons (Fsp3) is 0.320. The lowest BCUT2D eigenvalue weighted by molar-refractivity contribution is -0.123. The molecule has 168 valence electrons. The highest BCUT2D eigenvalue weighted by Gasteiger charge is 2.22. The van der Waals surface area contributed by atoms with Gasteiger partial charge in [0, 0.05) is 41.0 Å². The summed E-state index contributed by atoms with van der Waals surface area (Å²) in [7, 11) is -3.78. The molecule has 4 rings (SSSR count). The van der Waals surface area contributed by atoms with Gasteiger partial charge >= 0.3 is 0 Å². The van der Waals surface area contributed by atoms with Crippen LogP contribution < -0.4 is 14.9 Å². The second kappa shape index (κ2) is 8.47. The number of amides is 1. The largest absolute Gasteiger partial charge is 0.372 e. The van der Waals surface area contributed by atoms with E-state index in [-0.39, 0.29) is 10.8 Å². The summed E-state index contributed by atoms with van der Waals surface area (Å²) in [5.74, 6) is -0.102. The van der Waals surface area contributed by atoms with Crippen LogP contribution in [-0.2, 0) is 14.8 Å². The van der Waals surface area contributed by atoms with Crippen LogP contribution in [0.15, 0.2) is 65.6 Å². The van der Waals surface area contributed by atoms with Crippen molar-refractivity contribution in [1.29, 1.82) is 0 Å². The molecule has 0 unspecified atom stereocenters. The molecule has 0 bridgehead atoms. The van der Waals surface area contributed by atoms with Crippen LogP contribution in [0.1, 0.15) is 33.6 Å². The first-order valence-electron chi connectivity index (χ1n) is 10.9. The van der Waals surface area contributed by atoms with Crippen LogP contribution in [0, 0.1) is 5.41 Å². The zero-order chi connectivity index (χ0) is 22.9. The van der Waals surface area contributed by atoms with E-state index in [0.717, 1.165) is 24.2 Å². The Kier molecular flexibility index (Phi) is 5.86. The van der Waals surface area contributed by atoms with E-state index in [2.05, 4.69) is 21.0 Å². The zero-order valence-electron chi connectivity index (χ0n) is 18.7. The third-order valence-electron chi connectivity index (χ3n) is 5.66. The number of sulfonamides is 1. The molecular weight excluding hydrogens is 422 g/mol. The Morgan fingerprint density at radius 1 is 0.906 bits per heavy atom. The van der Waals surface area contributed by atoms with Crippen LogP contribution in [-0.4, -0.2) is 27.4 Å². The van der Waals surface area contributed by atoms with Gasteiger partial charge in [-0.25, -0.2) is 8.42 Å². The van der Waals surface area contributed by atoms with Crippen LogP contribution in [0.3, 0.4) is 0 Å². The van der Waals surface area contributed by atoms with Crippen molar-refractivity contribution in [2.24, 2.45) is 5.41 Å². The molecule has 1 heterocycles. The van der Waals surface area contributed by atoms with Gasteiger partial charge < -0.3 is 10.2 Å². The Morgan fingerprint density at radius 2 is 1.56 bits per heavy atom. The predicted octanol–water partition coefficient (Wildman–Crippen LogP) is 5.23. The van der Waals surface area contributed by atoms with E-state index >= 15 is 0 Å². The SMILES string of the molecule is CC(C)(C)C(=O)Nc1ccc(NS(=O)(=O)c2cccc3cc(N4CCCC4)ccc23)cc1. The Morgan fingerprint density at radius 3 is 2.22 bits per heavy atom. The summed E-state index contributed by atoms with van der Waals surface area (Å²) in [5, 5.41) is 4.43. The minimum absolute atomic E-state index is 0.102. The number of hydrogen-bond acceptors (Lipinski definition) is 4. The lowest BCUT2D eigenvalue weighted by Gasteiger charge is -2.19. The highest BCUT2D eigenvalue weighted by molar-refractivity contribution is 7.93. The number of benzene rings is 3. The average Bonchev–Trinajstić information content (AvgIpc) is 3.28. The Balaban J connectivity index is 1.56. The fourth-order valence-electron chi connectivity index (χ4n) is 3.80. The lowest BCUT2D eigenvalue weighted by Crippen LogP contribution is -2.27. The molecule has 1 saturated heterocycles. The maximum Gasteiger partial charge on any atom is 0.262 e. The van der Waals surface area contributed by atoms with Gasteiger partial charge in [0.25, 0.3) is 10.0 Å². The highest BCUT2D eigenvalue weighted by atomic mass is 32.2. The van der Waals surface area contributed by atoms with Gasteiger partial charge in [-0.05, 0) is 60.7 Å². The molecule has 2 N–H and O–H groups in total. The normalized spacial score (nSPS) is 14.5. The molecule has 3 aromatic carbocycles. The molecule has 0 radical (unpaired) electrons. The van der Waals surface area contributed by atoms with Crippen LogP contribution in [0.5, 0.6) is 0 Å². The number of fused-ring (bicyclic) bond motifs is 1. The minimum Gasteiger partial charge on any atom is -0.372 e. The Hall–Kier alpha value is -3.06. The van der Waals surface area contributed by atoms with E-state index in [1.54, 1.807) is 36.4 Å². The number of hydrogen-bond donors (Lipinski definition) is 2. The van der Waals surface area contributed by atoms with Gasteiger partial charge in [0.1, 0.15) is 0 Å². The van der Waals surface area contributed by atoms with Crippen molar-refractivity contribution >= 4 is 43.8 Å². The molecule has 0 saturated carbocycles. The summed E-state index contributed by atoms with van der Waals surface area (Å²) >= 11 is 0. The van der Waals surface area contributed by atoms with Gasteiger partial charge in [-0.15, -0.1) is 0 Å². The molecule has 0 aliphatic carbocycles. The van der Waals surface area contributed by atoms with Gasteiger partial charge in [0.2, 0.25) is 5.91 Å². The molecule has 1 fully saturated rings. The van der Waals surface area contributed by atoms with E-state index in [4.69, 9.17) is 0 Å². The smallest absolute Gasteiger partial charge is 0.262 e. The van der Waals surface area contributed by atoms with Gasteiger partial charge in [0.15, 0.2) is 0 Å². The molecule has 1 aliphatic rings. The molecule has 6 nitrogen and oxygen atoms in total. The molecule has 1 amide bonds. The minimum atomic E-state index is -3.78. The number of carbonyl (C=O) groups is 1. The van der Waals surface area contributed by atoms with Gasteiger partial charge in [0.05, 0.1) is 4.90 Å². The van der Waals surface area contributed by atoms with Crippen molar-refractivity contribution in [3.05, 3.63) is 60.7 Å². The number of nitrogens with zero attached hydrogens (tertiary/aromatic N) is 1. The second-order valence-corrected chi connectivity index (χ2v) is 10.9. The summed E-state index contributed by atoms with van der Waals surface area (Å²) in [6.45, 7) is 7.59. The van der Waals surface area contributed by atoms with Gasteiger partial charge in [-0.2, -0.15) is 0 Å². The van der Waals surface area contributed by atoms with Crippen molar-refractivity contribution in [3.8, 4) is 0 Å². The summed E-state index contributed by atoms with van der Waals surface area (Å²) in [5.41, 5.74) is 1.67. The first-order valence-corrected chi connectivity index (χ1v) is 12.3. The fourth-order valence-corrected chi connectivity index (χ4v) is 5.09. The van der Waals surface area contributed by atoms with Crippen LogP contribution in [0.4, 0.5) is 17.1 Å². The quantitative estimate of drug-likeness (QED) is 0.557. The maximum atomic E-state index is 13.2. The number of nitrogens with one attached hydrogen (secondary N) is 2. The van der Waals surface area contributed by atoms with E-state index in [9.17, 15) is 13.2 Å². The number of carbonyl (C=O) groups excluding carboxylic acids is 1. The highest BCUT2D eigenvalue weighted by Crippen LogP contribution is 2.30. The van der Waals surface area contributed by atoms with E-state index in [1.165, 1.54) is 12.8 Å². The first kappa shape index (κ1) is 22.1. The molecule has 0 atom stereocenters. The van der Waals surface area contributed by atoms with Crippen molar-refractivity contribution in [1.82, 2.24) is 0 Å². The Labute approximate surface area is 189 Å². The van der Waals surface area contributed by atoms with Crippen LogP contribution in [0.25, 0.3) is 10.8 Å². The van der Waals surface area contributed by atoms with Crippen molar-refractivity contribution in [3.63, 3.8) is 0 Å². The average molecular weight is 452 g/mol. The summed E-state index contributed by atoms with van der Waals surface area (Å²) in [4.78, 5) is 14.7. The lowest BCUT2D eigenvalue weighted by atomic mass is 9.95. The van der Waals surface area contributed by atoms with E-state index < -0.39 is 15.4 Å². The van der Waals surface area contributed by atoms with Gasteiger partial charge in [-0.3, -0.25) is 9.52 Å². The van der Waals surface area contributed by atoms with Crippen LogP contribution >= 0.6 is 0 Å². The standard InChI is InChI=1S/C25H29N3O3S/c1-25(2,3)24(29)26-19-9-11-20(12-10-19)27-32(30,31)23-8-6-7-18-17-21(13-14-22(18)23)28-15-4-5-16-28/h6-14,17,27H,4-5,15-16H2,1-3H3,(H,26,29). The topological polar surface area (TPSA) is 78.5 Å². The molecule has 1 aliphatic heterocycles. The summed E-state index contributed by atoms with van der Waals surface area (Å²) in [6, 6.07) is 18.0. The van der Waals surface area contributed by atoms with E-state index in [1.807, 2.05) is 39.0 Å². The Bertz CT molecular complexity index is 1240. The monoisotopic (exact) mass is 451 g/mol. The molecular formula is C25H29N3O3S. The third kappa shape index (κ3) is 4.72. The van der Waals surface area contributed by atoms with Crippen molar-refractivity contribution in [2.75, 3.05) is 28.0 Å². The van der Waals surface area contributed by atoms with Gasteiger partial charge in [-0.1, -0.05) is 39.0 Å². The van der Waals surface area contributed by atoms with Crippen LogP contribution in [0.2, 0.25) is 0 Å². The third-order valence-corrected chi connectivity index (χ3v) is 7.10. The van der Waals surface area contributed by atoms with E-state index in [0.29, 0.717) is 16.8 Å². The molecule has 0 spiro atoms.